The lowest BCUT2D eigenvalue weighted by Gasteiger charge is -2.14. The first-order valence-electron chi connectivity index (χ1n) is 8.92. The zero-order valence-corrected chi connectivity index (χ0v) is 18.9. The van der Waals surface area contributed by atoms with Crippen LogP contribution in [-0.4, -0.2) is 10.2 Å². The molecule has 3 aromatic rings. The standard InChI is InChI=1S/C12H10O2S.C11H16S2/c13-9-1-5-11(6-2-9)15-12-7-3-10(14)4-8-12;1-7-4-8(2)11(6-13)9(3)10(7)5-12/h1-8,13-14H;4,12-13H,5-6H2,1-3H3. The van der Waals surface area contributed by atoms with Crippen molar-refractivity contribution in [2.24, 2.45) is 0 Å². The first kappa shape index (κ1) is 22.6. The van der Waals surface area contributed by atoms with Crippen molar-refractivity contribution in [3.63, 3.8) is 0 Å². The summed E-state index contributed by atoms with van der Waals surface area (Å²) < 4.78 is 0. The number of hydrogen-bond donors (Lipinski definition) is 4. The molecule has 2 nitrogen and oxygen atoms in total. The van der Waals surface area contributed by atoms with E-state index < -0.39 is 0 Å². The van der Waals surface area contributed by atoms with E-state index in [1.54, 1.807) is 36.0 Å². The second-order valence-corrected chi connectivity index (χ2v) is 8.28. The summed E-state index contributed by atoms with van der Waals surface area (Å²) in [5.41, 5.74) is 6.77. The number of hydrogen-bond acceptors (Lipinski definition) is 5. The number of phenols is 2. The summed E-state index contributed by atoms with van der Waals surface area (Å²) in [6.45, 7) is 6.46. The van der Waals surface area contributed by atoms with Crippen LogP contribution >= 0.6 is 37.0 Å². The summed E-state index contributed by atoms with van der Waals surface area (Å²) in [4.78, 5) is 2.11. The molecule has 0 radical (unpaired) electrons. The van der Waals surface area contributed by atoms with Crippen molar-refractivity contribution in [1.29, 1.82) is 0 Å². The Balaban J connectivity index is 0.000000203. The fourth-order valence-electron chi connectivity index (χ4n) is 2.92. The van der Waals surface area contributed by atoms with Gasteiger partial charge in [-0.2, -0.15) is 25.3 Å². The van der Waals surface area contributed by atoms with E-state index in [4.69, 9.17) is 10.2 Å². The third kappa shape index (κ3) is 6.16. The lowest BCUT2D eigenvalue weighted by Crippen LogP contribution is -1.98. The predicted molar refractivity (Wildman–Crippen MR) is 126 cm³/mol. The number of benzene rings is 3. The Hall–Kier alpha value is -1.69. The number of thiol groups is 2. The van der Waals surface area contributed by atoms with Gasteiger partial charge in [-0.05, 0) is 97.1 Å². The van der Waals surface area contributed by atoms with Crippen LogP contribution in [-0.2, 0) is 11.5 Å². The molecule has 28 heavy (non-hydrogen) atoms. The van der Waals surface area contributed by atoms with Gasteiger partial charge in [-0.25, -0.2) is 0 Å². The van der Waals surface area contributed by atoms with Gasteiger partial charge in [0.2, 0.25) is 0 Å². The van der Waals surface area contributed by atoms with Crippen molar-refractivity contribution >= 4 is 37.0 Å². The Kier molecular flexibility index (Phi) is 8.67. The van der Waals surface area contributed by atoms with E-state index in [9.17, 15) is 0 Å². The molecular formula is C23H26O2S3. The van der Waals surface area contributed by atoms with Crippen LogP contribution in [0.1, 0.15) is 27.8 Å². The van der Waals surface area contributed by atoms with Gasteiger partial charge in [0.05, 0.1) is 0 Å². The third-order valence-electron chi connectivity index (χ3n) is 4.52. The molecule has 3 aromatic carbocycles. The minimum absolute atomic E-state index is 0.269. The number of rotatable bonds is 4. The molecule has 0 atom stereocenters. The van der Waals surface area contributed by atoms with Crippen LogP contribution in [0.4, 0.5) is 0 Å². The molecule has 0 spiro atoms. The van der Waals surface area contributed by atoms with Crippen molar-refractivity contribution in [2.75, 3.05) is 0 Å². The molecule has 2 N–H and O–H groups in total. The fraction of sp³-hybridized carbons (Fsp3) is 0.217. The highest BCUT2D eigenvalue weighted by Gasteiger charge is 2.08. The highest BCUT2D eigenvalue weighted by molar-refractivity contribution is 7.99. The van der Waals surface area contributed by atoms with Gasteiger partial charge in [0.15, 0.2) is 0 Å². The van der Waals surface area contributed by atoms with E-state index in [0.29, 0.717) is 0 Å². The average Bonchev–Trinajstić information content (AvgIpc) is 2.66. The molecule has 0 bridgehead atoms. The molecule has 0 heterocycles. The molecule has 0 unspecified atom stereocenters. The van der Waals surface area contributed by atoms with E-state index in [1.807, 2.05) is 24.3 Å². The van der Waals surface area contributed by atoms with Gasteiger partial charge in [0, 0.05) is 21.3 Å². The lowest BCUT2D eigenvalue weighted by molar-refractivity contribution is 0.474. The Morgan fingerprint density at radius 3 is 1.36 bits per heavy atom. The topological polar surface area (TPSA) is 40.5 Å². The van der Waals surface area contributed by atoms with Crippen molar-refractivity contribution in [2.45, 2.75) is 42.1 Å². The van der Waals surface area contributed by atoms with E-state index in [-0.39, 0.29) is 11.5 Å². The summed E-state index contributed by atoms with van der Waals surface area (Å²) in [5.74, 6) is 2.17. The quantitative estimate of drug-likeness (QED) is 0.347. The molecule has 0 amide bonds. The van der Waals surface area contributed by atoms with Crippen molar-refractivity contribution in [1.82, 2.24) is 0 Å². The van der Waals surface area contributed by atoms with E-state index in [0.717, 1.165) is 21.3 Å². The minimum Gasteiger partial charge on any atom is -0.508 e. The summed E-state index contributed by atoms with van der Waals surface area (Å²) in [6, 6.07) is 16.3. The molecule has 0 aliphatic heterocycles. The maximum Gasteiger partial charge on any atom is 0.115 e. The van der Waals surface area contributed by atoms with Gasteiger partial charge in [0.1, 0.15) is 11.5 Å². The van der Waals surface area contributed by atoms with Crippen LogP contribution in [0, 0.1) is 20.8 Å². The Labute approximate surface area is 182 Å². The van der Waals surface area contributed by atoms with Gasteiger partial charge in [-0.1, -0.05) is 17.8 Å². The highest BCUT2D eigenvalue weighted by atomic mass is 32.2. The molecule has 3 rings (SSSR count). The number of phenolic OH excluding ortho intramolecular Hbond substituents is 2. The Morgan fingerprint density at radius 2 is 1.04 bits per heavy atom. The fourth-order valence-corrected chi connectivity index (χ4v) is 4.71. The molecule has 0 fully saturated rings. The molecule has 0 aliphatic rings. The van der Waals surface area contributed by atoms with Crippen LogP contribution in [0.15, 0.2) is 64.4 Å². The predicted octanol–water partition coefficient (Wildman–Crippen LogP) is 6.72. The van der Waals surface area contributed by atoms with Gasteiger partial charge in [-0.15, -0.1) is 0 Å². The zero-order chi connectivity index (χ0) is 20.7. The molecular weight excluding hydrogens is 404 g/mol. The van der Waals surface area contributed by atoms with E-state index >= 15 is 0 Å². The Bertz CT molecular complexity index is 833. The molecule has 0 aliphatic carbocycles. The number of aryl methyl sites for hydroxylation is 2. The van der Waals surface area contributed by atoms with E-state index in [1.165, 1.54) is 27.8 Å². The number of aromatic hydroxyl groups is 2. The minimum atomic E-state index is 0.269. The molecule has 148 valence electrons. The van der Waals surface area contributed by atoms with Gasteiger partial charge < -0.3 is 10.2 Å². The first-order chi connectivity index (χ1) is 13.3. The van der Waals surface area contributed by atoms with Crippen molar-refractivity contribution in [3.8, 4) is 11.5 Å². The largest absolute Gasteiger partial charge is 0.508 e. The van der Waals surface area contributed by atoms with Gasteiger partial charge >= 0.3 is 0 Å². The van der Waals surface area contributed by atoms with Gasteiger partial charge in [-0.3, -0.25) is 0 Å². The highest BCUT2D eigenvalue weighted by Crippen LogP contribution is 2.29. The first-order valence-corrected chi connectivity index (χ1v) is 11.0. The van der Waals surface area contributed by atoms with Crippen LogP contribution in [0.3, 0.4) is 0 Å². The summed E-state index contributed by atoms with van der Waals surface area (Å²) in [7, 11) is 0. The molecule has 0 saturated heterocycles. The molecule has 0 saturated carbocycles. The third-order valence-corrected chi connectivity index (χ3v) is 6.16. The van der Waals surface area contributed by atoms with Crippen molar-refractivity contribution in [3.05, 3.63) is 82.4 Å². The van der Waals surface area contributed by atoms with Crippen LogP contribution in [0.5, 0.6) is 11.5 Å². The lowest BCUT2D eigenvalue weighted by atomic mass is 9.95. The maximum atomic E-state index is 9.12. The average molecular weight is 431 g/mol. The summed E-state index contributed by atoms with van der Waals surface area (Å²) in [6.07, 6.45) is 0. The van der Waals surface area contributed by atoms with E-state index in [2.05, 4.69) is 52.1 Å². The molecule has 5 heteroatoms. The normalized spacial score (nSPS) is 10.3. The monoisotopic (exact) mass is 430 g/mol. The zero-order valence-electron chi connectivity index (χ0n) is 16.3. The van der Waals surface area contributed by atoms with Gasteiger partial charge in [0.25, 0.3) is 0 Å². The summed E-state index contributed by atoms with van der Waals surface area (Å²) >= 11 is 10.3. The molecule has 0 aromatic heterocycles. The van der Waals surface area contributed by atoms with Crippen LogP contribution < -0.4 is 0 Å². The Morgan fingerprint density at radius 1 is 0.679 bits per heavy atom. The second-order valence-electron chi connectivity index (χ2n) is 6.50. The second kappa shape index (κ2) is 10.7. The smallest absolute Gasteiger partial charge is 0.115 e. The van der Waals surface area contributed by atoms with Crippen molar-refractivity contribution < 1.29 is 10.2 Å². The SMILES string of the molecule is Cc1cc(C)c(CS)c(C)c1CS.Oc1ccc(Sc2ccc(O)cc2)cc1. The maximum absolute atomic E-state index is 9.12. The van der Waals surface area contributed by atoms with Crippen LogP contribution in [0.2, 0.25) is 0 Å². The summed E-state index contributed by atoms with van der Waals surface area (Å²) in [5, 5.41) is 18.2. The van der Waals surface area contributed by atoms with Crippen LogP contribution in [0.25, 0.3) is 0 Å².